The lowest BCUT2D eigenvalue weighted by Gasteiger charge is -1.95. The lowest BCUT2D eigenvalue weighted by Crippen LogP contribution is -2.15. The Balaban J connectivity index is 2.59. The molecule has 2 rings (SSSR count). The van der Waals surface area contributed by atoms with Crippen LogP contribution in [-0.2, 0) is 0 Å². The van der Waals surface area contributed by atoms with Crippen molar-refractivity contribution in [3.8, 4) is 5.82 Å². The summed E-state index contributed by atoms with van der Waals surface area (Å²) in [4.78, 5) is 17.7. The Morgan fingerprint density at radius 2 is 2.38 bits per heavy atom. The summed E-state index contributed by atoms with van der Waals surface area (Å²) in [6.45, 7) is 0. The highest BCUT2D eigenvalue weighted by atomic mass is 127. The van der Waals surface area contributed by atoms with Gasteiger partial charge in [0.15, 0.2) is 0 Å². The Kier molecular flexibility index (Phi) is 2.13. The van der Waals surface area contributed by atoms with Gasteiger partial charge in [0.05, 0.1) is 9.77 Å². The van der Waals surface area contributed by atoms with E-state index in [0.717, 1.165) is 3.57 Å². The van der Waals surface area contributed by atoms with Gasteiger partial charge in [-0.3, -0.25) is 4.79 Å². The molecule has 0 atom stereocenters. The number of H-pyrrole nitrogens is 1. The number of rotatable bonds is 1. The normalized spacial score (nSPS) is 10.2. The zero-order valence-electron chi connectivity index (χ0n) is 6.44. The van der Waals surface area contributed by atoms with Crippen LogP contribution in [0, 0.1) is 3.57 Å². The van der Waals surface area contributed by atoms with Crippen molar-refractivity contribution < 1.29 is 0 Å². The van der Waals surface area contributed by atoms with E-state index < -0.39 is 0 Å². The molecule has 0 fully saturated rings. The molecule has 1 N–H and O–H groups in total. The summed E-state index contributed by atoms with van der Waals surface area (Å²) in [5.41, 5.74) is -0.248. The summed E-state index contributed by atoms with van der Waals surface area (Å²) >= 11 is 2.12. The van der Waals surface area contributed by atoms with Gasteiger partial charge in [0.1, 0.15) is 0 Å². The van der Waals surface area contributed by atoms with Gasteiger partial charge in [-0.25, -0.2) is 9.67 Å². The first-order valence-electron chi connectivity index (χ1n) is 3.51. The maximum absolute atomic E-state index is 11.2. The molecular weight excluding hydrogens is 283 g/mol. The Morgan fingerprint density at radius 1 is 1.54 bits per heavy atom. The first-order chi connectivity index (χ1) is 6.27. The second kappa shape index (κ2) is 3.29. The standard InChI is InChI=1S/C7H5IN4O/c8-5-3-11-12(4-5)6-7(13)10-2-1-9-6/h1-4H,(H,10,13). The van der Waals surface area contributed by atoms with Crippen molar-refractivity contribution in [1.82, 2.24) is 19.7 Å². The summed E-state index contributed by atoms with van der Waals surface area (Å²) < 4.78 is 2.41. The van der Waals surface area contributed by atoms with Crippen LogP contribution in [0.3, 0.4) is 0 Å². The van der Waals surface area contributed by atoms with Crippen LogP contribution in [0.5, 0.6) is 0 Å². The third-order valence-electron chi connectivity index (χ3n) is 1.46. The molecule has 2 aromatic rings. The van der Waals surface area contributed by atoms with Crippen molar-refractivity contribution in [2.24, 2.45) is 0 Å². The van der Waals surface area contributed by atoms with Crippen LogP contribution < -0.4 is 5.56 Å². The molecule has 0 unspecified atom stereocenters. The summed E-state index contributed by atoms with van der Waals surface area (Å²) in [5, 5.41) is 3.97. The second-order valence-electron chi connectivity index (χ2n) is 2.35. The molecule has 5 nitrogen and oxygen atoms in total. The van der Waals surface area contributed by atoms with Crippen molar-refractivity contribution in [3.63, 3.8) is 0 Å². The average Bonchev–Trinajstić information content (AvgIpc) is 2.53. The van der Waals surface area contributed by atoms with E-state index in [1.165, 1.54) is 17.1 Å². The molecule has 2 aromatic heterocycles. The number of nitrogens with zero attached hydrogens (tertiary/aromatic N) is 3. The van der Waals surface area contributed by atoms with E-state index in [9.17, 15) is 4.79 Å². The highest BCUT2D eigenvalue weighted by molar-refractivity contribution is 14.1. The maximum atomic E-state index is 11.2. The minimum Gasteiger partial charge on any atom is -0.324 e. The fraction of sp³-hybridized carbons (Fsp3) is 0. The Hall–Kier alpha value is -1.18. The van der Waals surface area contributed by atoms with Crippen molar-refractivity contribution in [1.29, 1.82) is 0 Å². The number of hydrogen-bond donors (Lipinski definition) is 1. The van der Waals surface area contributed by atoms with Crippen LogP contribution in [-0.4, -0.2) is 19.7 Å². The highest BCUT2D eigenvalue weighted by Gasteiger charge is 2.03. The molecule has 0 aromatic carbocycles. The molecule has 0 aliphatic carbocycles. The van der Waals surface area contributed by atoms with Gasteiger partial charge < -0.3 is 4.98 Å². The highest BCUT2D eigenvalue weighted by Crippen LogP contribution is 2.03. The molecule has 0 radical (unpaired) electrons. The number of nitrogens with one attached hydrogen (secondary N) is 1. The first kappa shape index (κ1) is 8.42. The quantitative estimate of drug-likeness (QED) is 0.780. The number of halogens is 1. The minimum absolute atomic E-state index is 0.248. The molecule has 0 saturated carbocycles. The second-order valence-corrected chi connectivity index (χ2v) is 3.59. The molecule has 2 heterocycles. The van der Waals surface area contributed by atoms with Gasteiger partial charge in [0.25, 0.3) is 5.56 Å². The molecule has 0 bridgehead atoms. The molecule has 0 amide bonds. The molecule has 6 heteroatoms. The predicted molar refractivity (Wildman–Crippen MR) is 54.7 cm³/mol. The average molecular weight is 288 g/mol. The zero-order valence-corrected chi connectivity index (χ0v) is 8.59. The topological polar surface area (TPSA) is 63.6 Å². The summed E-state index contributed by atoms with van der Waals surface area (Å²) in [6.07, 6.45) is 6.40. The van der Waals surface area contributed by atoms with Crippen LogP contribution >= 0.6 is 22.6 Å². The largest absolute Gasteiger partial charge is 0.324 e. The van der Waals surface area contributed by atoms with Gasteiger partial charge in [0, 0.05) is 18.6 Å². The number of hydrogen-bond acceptors (Lipinski definition) is 3. The lowest BCUT2D eigenvalue weighted by molar-refractivity contribution is 0.824. The molecule has 0 aliphatic rings. The van der Waals surface area contributed by atoms with Crippen molar-refractivity contribution >= 4 is 22.6 Å². The van der Waals surface area contributed by atoms with Gasteiger partial charge in [0.2, 0.25) is 5.82 Å². The van der Waals surface area contributed by atoms with Gasteiger partial charge in [-0.05, 0) is 22.6 Å². The zero-order chi connectivity index (χ0) is 9.26. The number of aromatic amines is 1. The van der Waals surface area contributed by atoms with E-state index >= 15 is 0 Å². The molecule has 66 valence electrons. The van der Waals surface area contributed by atoms with E-state index in [1.54, 1.807) is 12.4 Å². The molecular formula is C7H5IN4O. The summed E-state index contributed by atoms with van der Waals surface area (Å²) in [5.74, 6) is 0.283. The van der Waals surface area contributed by atoms with Crippen LogP contribution in [0.4, 0.5) is 0 Å². The van der Waals surface area contributed by atoms with Crippen LogP contribution in [0.1, 0.15) is 0 Å². The van der Waals surface area contributed by atoms with E-state index in [4.69, 9.17) is 0 Å². The smallest absolute Gasteiger partial charge is 0.293 e. The summed E-state index contributed by atoms with van der Waals surface area (Å²) in [7, 11) is 0. The third kappa shape index (κ3) is 1.62. The maximum Gasteiger partial charge on any atom is 0.293 e. The van der Waals surface area contributed by atoms with Crippen LogP contribution in [0.15, 0.2) is 29.6 Å². The van der Waals surface area contributed by atoms with E-state index in [2.05, 4.69) is 37.7 Å². The molecule has 0 aliphatic heterocycles. The van der Waals surface area contributed by atoms with Crippen molar-refractivity contribution in [2.45, 2.75) is 0 Å². The lowest BCUT2D eigenvalue weighted by atomic mass is 10.6. The molecule has 0 spiro atoms. The van der Waals surface area contributed by atoms with Crippen molar-refractivity contribution in [2.75, 3.05) is 0 Å². The Labute approximate surface area is 87.0 Å². The van der Waals surface area contributed by atoms with Crippen LogP contribution in [0.25, 0.3) is 5.82 Å². The third-order valence-corrected chi connectivity index (χ3v) is 2.01. The fourth-order valence-electron chi connectivity index (χ4n) is 0.924. The predicted octanol–water partition coefficient (Wildman–Crippen LogP) is 0.560. The van der Waals surface area contributed by atoms with E-state index in [0.29, 0.717) is 0 Å². The first-order valence-corrected chi connectivity index (χ1v) is 4.59. The van der Waals surface area contributed by atoms with Gasteiger partial charge in [-0.2, -0.15) is 5.10 Å². The van der Waals surface area contributed by atoms with Crippen molar-refractivity contribution in [3.05, 3.63) is 38.7 Å². The Bertz CT molecular complexity index is 475. The number of aromatic nitrogens is 4. The monoisotopic (exact) mass is 288 g/mol. The van der Waals surface area contributed by atoms with Gasteiger partial charge >= 0.3 is 0 Å². The molecule has 0 saturated heterocycles. The van der Waals surface area contributed by atoms with E-state index in [-0.39, 0.29) is 11.4 Å². The van der Waals surface area contributed by atoms with E-state index in [1.807, 2.05) is 0 Å². The SMILES string of the molecule is O=c1[nH]ccnc1-n1cc(I)cn1. The Morgan fingerprint density at radius 3 is 3.00 bits per heavy atom. The van der Waals surface area contributed by atoms with Crippen LogP contribution in [0.2, 0.25) is 0 Å². The molecule has 13 heavy (non-hydrogen) atoms. The minimum atomic E-state index is -0.248. The van der Waals surface area contributed by atoms with Gasteiger partial charge in [-0.1, -0.05) is 0 Å². The summed E-state index contributed by atoms with van der Waals surface area (Å²) in [6, 6.07) is 0. The fourth-order valence-corrected chi connectivity index (χ4v) is 1.31. The van der Waals surface area contributed by atoms with Gasteiger partial charge in [-0.15, -0.1) is 0 Å².